The Morgan fingerprint density at radius 1 is 1.00 bits per heavy atom. The van der Waals surface area contributed by atoms with Crippen LogP contribution in [0, 0.1) is 0 Å². The van der Waals surface area contributed by atoms with Crippen LogP contribution in [0.1, 0.15) is 10.4 Å². The highest BCUT2D eigenvalue weighted by Crippen LogP contribution is 2.33. The molecule has 0 aromatic heterocycles. The maximum absolute atomic E-state index is 12.7. The molecule has 1 aliphatic carbocycles. The summed E-state index contributed by atoms with van der Waals surface area (Å²) >= 11 is 0. The van der Waals surface area contributed by atoms with E-state index in [9.17, 15) is 9.59 Å². The van der Waals surface area contributed by atoms with Crippen molar-refractivity contribution in [3.05, 3.63) is 59.4 Å². The largest absolute Gasteiger partial charge is 0.496 e. The Morgan fingerprint density at radius 2 is 1.64 bits per heavy atom. The molecule has 0 N–H and O–H groups in total. The van der Waals surface area contributed by atoms with Crippen LogP contribution in [0.25, 0.3) is 0 Å². The van der Waals surface area contributed by atoms with Gasteiger partial charge in [0.1, 0.15) is 17.4 Å². The second-order valence-corrected chi connectivity index (χ2v) is 5.78. The first kappa shape index (κ1) is 21.8. The molecule has 0 radical (unpaired) electrons. The number of ether oxygens (including phenoxy) is 6. The number of carbonyl (C=O) groups is 2. The predicted molar refractivity (Wildman–Crippen MR) is 98.4 cm³/mol. The van der Waals surface area contributed by atoms with E-state index >= 15 is 0 Å². The van der Waals surface area contributed by atoms with E-state index in [1.54, 1.807) is 30.3 Å². The summed E-state index contributed by atoms with van der Waals surface area (Å²) in [6.45, 7) is 0. The molecule has 2 unspecified atom stereocenters. The standard InChI is InChI=1S/C20H24O8/c1-23-15-12-20(26-4,27-5)16(24-2)11-14(15)18(22)28-19(25-3)17(21)13-9-7-6-8-10-13/h6-12,16,19H,1-5H3. The summed E-state index contributed by atoms with van der Waals surface area (Å²) in [5, 5.41) is 0. The quantitative estimate of drug-likeness (QED) is 0.357. The normalized spacial score (nSPS) is 19.2. The number of ketones is 1. The van der Waals surface area contributed by atoms with Gasteiger partial charge in [0.15, 0.2) is 0 Å². The number of Topliss-reactive ketones (excluding diaryl/α,β-unsaturated/α-hetero) is 1. The van der Waals surface area contributed by atoms with E-state index in [2.05, 4.69) is 0 Å². The fourth-order valence-electron chi connectivity index (χ4n) is 2.80. The van der Waals surface area contributed by atoms with Gasteiger partial charge in [-0.05, 0) is 6.08 Å². The molecule has 28 heavy (non-hydrogen) atoms. The summed E-state index contributed by atoms with van der Waals surface area (Å²) in [5.41, 5.74) is 0.414. The van der Waals surface area contributed by atoms with Crippen molar-refractivity contribution in [2.24, 2.45) is 0 Å². The monoisotopic (exact) mass is 392 g/mol. The number of carbonyl (C=O) groups excluding carboxylic acids is 2. The van der Waals surface area contributed by atoms with Crippen LogP contribution in [0.5, 0.6) is 0 Å². The zero-order valence-electron chi connectivity index (χ0n) is 16.5. The van der Waals surface area contributed by atoms with E-state index in [1.807, 2.05) is 0 Å². The third-order valence-corrected chi connectivity index (χ3v) is 4.34. The molecule has 1 aromatic rings. The van der Waals surface area contributed by atoms with Gasteiger partial charge in [0, 0.05) is 40.1 Å². The number of hydrogen-bond donors (Lipinski definition) is 0. The van der Waals surface area contributed by atoms with Crippen LogP contribution < -0.4 is 0 Å². The molecule has 152 valence electrons. The first-order valence-electron chi connectivity index (χ1n) is 8.41. The summed E-state index contributed by atoms with van der Waals surface area (Å²) < 4.78 is 31.8. The van der Waals surface area contributed by atoms with Gasteiger partial charge in [0.25, 0.3) is 6.29 Å². The number of rotatable bonds is 9. The van der Waals surface area contributed by atoms with Gasteiger partial charge in [0.05, 0.1) is 7.11 Å². The van der Waals surface area contributed by atoms with Crippen LogP contribution in [-0.4, -0.2) is 65.5 Å². The van der Waals surface area contributed by atoms with Crippen LogP contribution in [0.3, 0.4) is 0 Å². The van der Waals surface area contributed by atoms with Crippen molar-refractivity contribution in [3.63, 3.8) is 0 Å². The third-order valence-electron chi connectivity index (χ3n) is 4.34. The Labute approximate surface area is 163 Å². The Morgan fingerprint density at radius 3 is 2.14 bits per heavy atom. The summed E-state index contributed by atoms with van der Waals surface area (Å²) in [5.74, 6) is -2.41. The lowest BCUT2D eigenvalue weighted by Gasteiger charge is -2.36. The summed E-state index contributed by atoms with van der Waals surface area (Å²) in [7, 11) is 6.99. The molecule has 8 nitrogen and oxygen atoms in total. The van der Waals surface area contributed by atoms with Gasteiger partial charge in [-0.1, -0.05) is 30.3 Å². The minimum absolute atomic E-state index is 0.0574. The fraction of sp³-hybridized carbons (Fsp3) is 0.400. The van der Waals surface area contributed by atoms with Crippen LogP contribution in [0.2, 0.25) is 0 Å². The molecule has 0 amide bonds. The molecule has 2 rings (SSSR count). The second kappa shape index (κ2) is 9.61. The smallest absolute Gasteiger partial charge is 0.344 e. The molecule has 0 spiro atoms. The summed E-state index contributed by atoms with van der Waals surface area (Å²) in [4.78, 5) is 25.3. The number of benzene rings is 1. The van der Waals surface area contributed by atoms with E-state index in [4.69, 9.17) is 28.4 Å². The van der Waals surface area contributed by atoms with Crippen molar-refractivity contribution in [2.75, 3.05) is 35.5 Å². The number of esters is 1. The lowest BCUT2D eigenvalue weighted by atomic mass is 9.96. The van der Waals surface area contributed by atoms with E-state index in [-0.39, 0.29) is 11.3 Å². The Hall–Kier alpha value is -2.52. The van der Waals surface area contributed by atoms with Crippen molar-refractivity contribution in [1.82, 2.24) is 0 Å². The maximum atomic E-state index is 12.7. The Balaban J connectivity index is 2.27. The first-order chi connectivity index (χ1) is 13.5. The zero-order valence-corrected chi connectivity index (χ0v) is 16.5. The molecule has 0 aliphatic heterocycles. The second-order valence-electron chi connectivity index (χ2n) is 5.78. The molecule has 0 bridgehead atoms. The van der Waals surface area contributed by atoms with Gasteiger partial charge in [-0.3, -0.25) is 4.79 Å². The molecule has 1 aromatic carbocycles. The van der Waals surface area contributed by atoms with Crippen molar-refractivity contribution < 1.29 is 38.0 Å². The maximum Gasteiger partial charge on any atom is 0.344 e. The van der Waals surface area contributed by atoms with E-state index in [0.29, 0.717) is 5.56 Å². The number of hydrogen-bond acceptors (Lipinski definition) is 8. The lowest BCUT2D eigenvalue weighted by Crippen LogP contribution is -2.47. The van der Waals surface area contributed by atoms with Gasteiger partial charge < -0.3 is 28.4 Å². The minimum Gasteiger partial charge on any atom is -0.496 e. The van der Waals surface area contributed by atoms with E-state index in [1.165, 1.54) is 47.7 Å². The van der Waals surface area contributed by atoms with Crippen LogP contribution >= 0.6 is 0 Å². The molecule has 0 saturated carbocycles. The highest BCUT2D eigenvalue weighted by Gasteiger charge is 2.43. The average molecular weight is 392 g/mol. The van der Waals surface area contributed by atoms with Crippen LogP contribution in [0.15, 0.2) is 53.8 Å². The van der Waals surface area contributed by atoms with Crippen molar-refractivity contribution in [3.8, 4) is 0 Å². The Bertz CT molecular complexity index is 749. The molecule has 0 fully saturated rings. The molecule has 8 heteroatoms. The minimum atomic E-state index is -1.41. The topological polar surface area (TPSA) is 89.5 Å². The first-order valence-corrected chi connectivity index (χ1v) is 8.41. The van der Waals surface area contributed by atoms with Crippen molar-refractivity contribution in [1.29, 1.82) is 0 Å². The summed E-state index contributed by atoms with van der Waals surface area (Å²) in [6.07, 6.45) is 0.758. The van der Waals surface area contributed by atoms with Crippen molar-refractivity contribution in [2.45, 2.75) is 18.2 Å². The molecule has 1 aliphatic rings. The molecule has 2 atom stereocenters. The van der Waals surface area contributed by atoms with Crippen LogP contribution in [-0.2, 0) is 33.2 Å². The summed E-state index contributed by atoms with van der Waals surface area (Å²) in [6, 6.07) is 8.39. The molecular formula is C20H24O8. The Kier molecular flexibility index (Phi) is 7.47. The van der Waals surface area contributed by atoms with Crippen LogP contribution in [0.4, 0.5) is 0 Å². The SMILES string of the molecule is COC1=CC(OC)(OC)C(OC)C=C1C(=O)OC(OC)C(=O)c1ccccc1. The van der Waals surface area contributed by atoms with Gasteiger partial charge in [-0.15, -0.1) is 0 Å². The number of methoxy groups -OCH3 is 5. The lowest BCUT2D eigenvalue weighted by molar-refractivity contribution is -0.222. The van der Waals surface area contributed by atoms with Gasteiger partial charge in [-0.2, -0.15) is 0 Å². The third kappa shape index (κ3) is 4.31. The molecule has 0 saturated heterocycles. The fourth-order valence-corrected chi connectivity index (χ4v) is 2.80. The van der Waals surface area contributed by atoms with E-state index < -0.39 is 29.9 Å². The van der Waals surface area contributed by atoms with Gasteiger partial charge in [-0.25, -0.2) is 4.79 Å². The zero-order chi connectivity index (χ0) is 20.7. The average Bonchev–Trinajstić information content (AvgIpc) is 2.76. The molecular weight excluding hydrogens is 368 g/mol. The predicted octanol–water partition coefficient (Wildman–Crippen LogP) is 1.86. The van der Waals surface area contributed by atoms with Crippen molar-refractivity contribution >= 4 is 11.8 Å². The van der Waals surface area contributed by atoms with Gasteiger partial charge >= 0.3 is 5.97 Å². The highest BCUT2D eigenvalue weighted by molar-refractivity contribution is 6.01. The highest BCUT2D eigenvalue weighted by atomic mass is 16.7. The van der Waals surface area contributed by atoms with Gasteiger partial charge in [0.2, 0.25) is 11.6 Å². The van der Waals surface area contributed by atoms with E-state index in [0.717, 1.165) is 0 Å². The molecule has 0 heterocycles.